The van der Waals surface area contributed by atoms with Crippen LogP contribution in [0.2, 0.25) is 0 Å². The molecule has 0 aliphatic rings. The Hall–Kier alpha value is -1.89. The van der Waals surface area contributed by atoms with Gasteiger partial charge in [-0.1, -0.05) is 20.8 Å². The van der Waals surface area contributed by atoms with E-state index in [0.717, 1.165) is 16.3 Å². The molecule has 6 nitrogen and oxygen atoms in total. The third-order valence-electron chi connectivity index (χ3n) is 3.16. The number of carbonyl (C=O) groups excluding carboxylic acids is 1. The summed E-state index contributed by atoms with van der Waals surface area (Å²) in [7, 11) is 0. The predicted molar refractivity (Wildman–Crippen MR) is 80.5 cm³/mol. The predicted octanol–water partition coefficient (Wildman–Crippen LogP) is 1.86. The second-order valence-corrected chi connectivity index (χ2v) is 6.98. The largest absolute Gasteiger partial charge is 0.480 e. The van der Waals surface area contributed by atoms with Gasteiger partial charge in [0, 0.05) is 17.3 Å². The second-order valence-electron chi connectivity index (χ2n) is 6.14. The van der Waals surface area contributed by atoms with E-state index in [4.69, 9.17) is 0 Å². The van der Waals surface area contributed by atoms with Crippen molar-refractivity contribution in [2.45, 2.75) is 40.2 Å². The van der Waals surface area contributed by atoms with Crippen molar-refractivity contribution < 1.29 is 14.7 Å². The number of aromatic nitrogens is 2. The molecule has 0 saturated heterocycles. The van der Waals surface area contributed by atoms with Crippen LogP contribution in [0.15, 0.2) is 11.6 Å². The first-order valence-electron chi connectivity index (χ1n) is 6.62. The zero-order valence-corrected chi connectivity index (χ0v) is 13.3. The number of amides is 1. The van der Waals surface area contributed by atoms with E-state index in [2.05, 4.69) is 10.3 Å². The van der Waals surface area contributed by atoms with E-state index in [1.807, 2.05) is 22.9 Å². The van der Waals surface area contributed by atoms with Gasteiger partial charge in [0.1, 0.15) is 6.04 Å². The summed E-state index contributed by atoms with van der Waals surface area (Å²) in [5.74, 6) is -1.33. The standard InChI is InChI=1S/C14H19N3O3S/c1-8-6-17-9(7-21-13(17)15-8)5-10(18)16-11(12(19)20)14(2,3)4/h6-7,11H,5H2,1-4H3,(H,16,18)(H,19,20)/t11-/m1/s1. The first-order valence-corrected chi connectivity index (χ1v) is 7.50. The lowest BCUT2D eigenvalue weighted by atomic mass is 9.86. The van der Waals surface area contributed by atoms with E-state index >= 15 is 0 Å². The van der Waals surface area contributed by atoms with Gasteiger partial charge in [0.2, 0.25) is 5.91 Å². The van der Waals surface area contributed by atoms with Gasteiger partial charge in [-0.05, 0) is 12.3 Å². The number of fused-ring (bicyclic) bond motifs is 1. The lowest BCUT2D eigenvalue weighted by molar-refractivity contribution is -0.144. The Labute approximate surface area is 126 Å². The number of carboxylic acids is 1. The molecule has 2 aromatic rings. The minimum Gasteiger partial charge on any atom is -0.480 e. The summed E-state index contributed by atoms with van der Waals surface area (Å²) < 4.78 is 1.87. The van der Waals surface area contributed by atoms with Gasteiger partial charge in [-0.25, -0.2) is 9.78 Å². The van der Waals surface area contributed by atoms with E-state index < -0.39 is 17.4 Å². The van der Waals surface area contributed by atoms with Gasteiger partial charge >= 0.3 is 5.97 Å². The van der Waals surface area contributed by atoms with Gasteiger partial charge in [0.25, 0.3) is 0 Å². The highest BCUT2D eigenvalue weighted by atomic mass is 32.1. The number of aliphatic carboxylic acids is 1. The van der Waals surface area contributed by atoms with Crippen LogP contribution in [0.25, 0.3) is 4.96 Å². The number of carbonyl (C=O) groups is 2. The highest BCUT2D eigenvalue weighted by Crippen LogP contribution is 2.20. The Morgan fingerprint density at radius 3 is 2.71 bits per heavy atom. The normalized spacial score (nSPS) is 13.3. The van der Waals surface area contributed by atoms with Crippen molar-refractivity contribution in [3.8, 4) is 0 Å². The summed E-state index contributed by atoms with van der Waals surface area (Å²) in [6.07, 6.45) is 2.00. The molecule has 1 atom stereocenters. The Bertz CT molecular complexity index is 681. The number of hydrogen-bond acceptors (Lipinski definition) is 4. The summed E-state index contributed by atoms with van der Waals surface area (Å²) in [5, 5.41) is 13.7. The van der Waals surface area contributed by atoms with Gasteiger partial charge in [-0.3, -0.25) is 9.20 Å². The molecule has 21 heavy (non-hydrogen) atoms. The molecule has 2 heterocycles. The van der Waals surface area contributed by atoms with Crippen LogP contribution in [0.1, 0.15) is 32.2 Å². The molecule has 0 aliphatic heterocycles. The summed E-state index contributed by atoms with van der Waals surface area (Å²) in [4.78, 5) is 28.6. The van der Waals surface area contributed by atoms with E-state index in [-0.39, 0.29) is 12.3 Å². The lowest BCUT2D eigenvalue weighted by Crippen LogP contribution is -2.49. The van der Waals surface area contributed by atoms with Gasteiger partial charge < -0.3 is 10.4 Å². The van der Waals surface area contributed by atoms with Crippen LogP contribution >= 0.6 is 11.3 Å². The number of nitrogens with zero attached hydrogens (tertiary/aromatic N) is 2. The van der Waals surface area contributed by atoms with Crippen LogP contribution in [-0.2, 0) is 16.0 Å². The summed E-state index contributed by atoms with van der Waals surface area (Å²) >= 11 is 1.46. The van der Waals surface area contributed by atoms with Crippen LogP contribution in [-0.4, -0.2) is 32.4 Å². The summed E-state index contributed by atoms with van der Waals surface area (Å²) in [5.41, 5.74) is 1.16. The third kappa shape index (κ3) is 3.41. The maximum atomic E-state index is 12.1. The van der Waals surface area contributed by atoms with E-state index in [1.54, 1.807) is 20.8 Å². The Morgan fingerprint density at radius 1 is 1.48 bits per heavy atom. The minimum atomic E-state index is -1.02. The lowest BCUT2D eigenvalue weighted by Gasteiger charge is -2.27. The molecule has 2 aromatic heterocycles. The number of aryl methyl sites for hydroxylation is 1. The average Bonchev–Trinajstić information content (AvgIpc) is 2.85. The van der Waals surface area contributed by atoms with Crippen molar-refractivity contribution in [3.63, 3.8) is 0 Å². The fourth-order valence-corrected chi connectivity index (χ4v) is 3.01. The SMILES string of the molecule is Cc1cn2c(CC(=O)N[C@H](C(=O)O)C(C)(C)C)csc2n1. The molecule has 2 N–H and O–H groups in total. The van der Waals surface area contributed by atoms with E-state index in [9.17, 15) is 14.7 Å². The molecule has 0 aliphatic carbocycles. The molecule has 114 valence electrons. The highest BCUT2D eigenvalue weighted by Gasteiger charge is 2.32. The molecule has 0 fully saturated rings. The van der Waals surface area contributed by atoms with Gasteiger partial charge in [0.05, 0.1) is 12.1 Å². The molecule has 0 spiro atoms. The molecule has 0 unspecified atom stereocenters. The number of carboxylic acid groups (broad SMARTS) is 1. The van der Waals surface area contributed by atoms with Crippen LogP contribution in [0.3, 0.4) is 0 Å². The third-order valence-corrected chi connectivity index (χ3v) is 4.05. The number of imidazole rings is 1. The number of thiazole rings is 1. The summed E-state index contributed by atoms with van der Waals surface area (Å²) in [6, 6.07) is -0.913. The minimum absolute atomic E-state index is 0.135. The van der Waals surface area contributed by atoms with Crippen molar-refractivity contribution in [2.24, 2.45) is 5.41 Å². The number of hydrogen-bond donors (Lipinski definition) is 2. The van der Waals surface area contributed by atoms with Gasteiger partial charge in [-0.2, -0.15) is 0 Å². The first kappa shape index (κ1) is 15.5. The van der Waals surface area contributed by atoms with Crippen molar-refractivity contribution in [2.75, 3.05) is 0 Å². The first-order chi connectivity index (χ1) is 9.68. The Kier molecular flexibility index (Phi) is 4.04. The zero-order chi connectivity index (χ0) is 15.8. The smallest absolute Gasteiger partial charge is 0.326 e. The molecule has 7 heteroatoms. The molecule has 0 aromatic carbocycles. The molecule has 1 amide bonds. The van der Waals surface area contributed by atoms with E-state index in [1.165, 1.54) is 11.3 Å². The average molecular weight is 309 g/mol. The van der Waals surface area contributed by atoms with Crippen LogP contribution in [0.5, 0.6) is 0 Å². The van der Waals surface area contributed by atoms with Crippen molar-refractivity contribution >= 4 is 28.2 Å². The molecule has 0 bridgehead atoms. The summed E-state index contributed by atoms with van der Waals surface area (Å²) in [6.45, 7) is 7.25. The van der Waals surface area contributed by atoms with Gasteiger partial charge in [0.15, 0.2) is 4.96 Å². The number of nitrogens with one attached hydrogen (secondary N) is 1. The van der Waals surface area contributed by atoms with Crippen LogP contribution in [0, 0.1) is 12.3 Å². The maximum absolute atomic E-state index is 12.1. The fourth-order valence-electron chi connectivity index (χ4n) is 2.09. The topological polar surface area (TPSA) is 83.7 Å². The van der Waals surface area contributed by atoms with Crippen LogP contribution < -0.4 is 5.32 Å². The number of rotatable bonds is 4. The maximum Gasteiger partial charge on any atom is 0.326 e. The Morgan fingerprint density at radius 2 is 2.14 bits per heavy atom. The Balaban J connectivity index is 2.12. The molecule has 0 radical (unpaired) electrons. The molecule has 2 rings (SSSR count). The highest BCUT2D eigenvalue weighted by molar-refractivity contribution is 7.15. The molecular formula is C14H19N3O3S. The van der Waals surface area contributed by atoms with Crippen molar-refractivity contribution in [1.82, 2.24) is 14.7 Å². The molecule has 0 saturated carbocycles. The van der Waals surface area contributed by atoms with Crippen molar-refractivity contribution in [1.29, 1.82) is 0 Å². The van der Waals surface area contributed by atoms with Crippen molar-refractivity contribution in [3.05, 3.63) is 23.0 Å². The molecular weight excluding hydrogens is 290 g/mol. The quantitative estimate of drug-likeness (QED) is 0.903. The zero-order valence-electron chi connectivity index (χ0n) is 12.5. The van der Waals surface area contributed by atoms with E-state index in [0.29, 0.717) is 0 Å². The van der Waals surface area contributed by atoms with Crippen LogP contribution in [0.4, 0.5) is 0 Å². The second kappa shape index (κ2) is 5.48. The monoisotopic (exact) mass is 309 g/mol. The fraction of sp³-hybridized carbons (Fsp3) is 0.500. The van der Waals surface area contributed by atoms with Gasteiger partial charge in [-0.15, -0.1) is 11.3 Å².